The molecule has 2 fully saturated rings. The summed E-state index contributed by atoms with van der Waals surface area (Å²) in [5.41, 5.74) is 6.87. The summed E-state index contributed by atoms with van der Waals surface area (Å²) in [6.07, 6.45) is 3.66. The van der Waals surface area contributed by atoms with E-state index in [2.05, 4.69) is 40.2 Å². The Labute approximate surface area is 248 Å². The molecule has 0 saturated heterocycles. The lowest BCUT2D eigenvalue weighted by Crippen LogP contribution is -2.50. The van der Waals surface area contributed by atoms with Gasteiger partial charge in [0.05, 0.1) is 0 Å². The average molecular weight is 565 g/mol. The summed E-state index contributed by atoms with van der Waals surface area (Å²) in [6, 6.07) is 22.4. The predicted molar refractivity (Wildman–Crippen MR) is 164 cm³/mol. The highest BCUT2D eigenvalue weighted by molar-refractivity contribution is 5.96. The topological polar surface area (TPSA) is 90.5 Å². The molecule has 42 heavy (non-hydrogen) atoms. The summed E-state index contributed by atoms with van der Waals surface area (Å²) in [5.74, 6) is 0.324. The van der Waals surface area contributed by atoms with Crippen LogP contribution in [0.2, 0.25) is 0 Å². The zero-order valence-corrected chi connectivity index (χ0v) is 24.7. The second-order valence-corrected chi connectivity index (χ2v) is 13.0. The minimum Gasteiger partial charge on any atom is -0.352 e. The van der Waals surface area contributed by atoms with Gasteiger partial charge in [-0.1, -0.05) is 54.6 Å². The Hall–Kier alpha value is -4.13. The van der Waals surface area contributed by atoms with E-state index in [1.54, 1.807) is 0 Å². The van der Waals surface area contributed by atoms with Crippen LogP contribution in [-0.2, 0) is 24.3 Å². The maximum Gasteiger partial charge on any atom is 0.318 e. The lowest BCUT2D eigenvalue weighted by atomic mass is 9.87. The molecule has 0 spiro atoms. The molecule has 7 heteroatoms. The lowest BCUT2D eigenvalue weighted by Gasteiger charge is -2.34. The average Bonchev–Trinajstić information content (AvgIpc) is 3.91. The van der Waals surface area contributed by atoms with Gasteiger partial charge in [-0.3, -0.25) is 9.59 Å². The molecule has 3 N–H and O–H groups in total. The molecule has 3 aromatic rings. The number of hydrogen-bond acceptors (Lipinski definition) is 3. The number of nitrogens with zero attached hydrogens (tertiary/aromatic N) is 1. The van der Waals surface area contributed by atoms with Crippen molar-refractivity contribution in [2.24, 2.45) is 5.92 Å². The molecule has 0 aromatic heterocycles. The molecule has 1 aliphatic heterocycles. The fourth-order valence-corrected chi connectivity index (χ4v) is 5.94. The van der Waals surface area contributed by atoms with E-state index < -0.39 is 0 Å². The number of benzene rings is 3. The summed E-state index contributed by atoms with van der Waals surface area (Å²) in [4.78, 5) is 40.9. The standard InChI is InChI=1S/C35H40N4O3/c1-35(2,3)38-34(42)39-17-16-28-27(23-10-7-11-24(18-23)32(40)37-26-13-14-26)15-12-25(31(28)21-39)20-36-33(41)30-19-29(30)22-8-5-4-6-9-22/h4-12,15,18,26,29-30H,13-14,16-17,19-21H2,1-3H3,(H,36,41)(H,37,40)(H,38,42)/t29-,30?/m0/s1. The van der Waals surface area contributed by atoms with Crippen LogP contribution in [0.15, 0.2) is 66.7 Å². The van der Waals surface area contributed by atoms with Gasteiger partial charge in [0, 0.05) is 42.7 Å². The van der Waals surface area contributed by atoms with E-state index in [1.807, 2.05) is 68.1 Å². The Morgan fingerprint density at radius 2 is 1.71 bits per heavy atom. The molecule has 7 nitrogen and oxygen atoms in total. The first-order valence-electron chi connectivity index (χ1n) is 15.1. The van der Waals surface area contributed by atoms with E-state index in [0.717, 1.165) is 41.5 Å². The van der Waals surface area contributed by atoms with Gasteiger partial charge < -0.3 is 20.9 Å². The number of carbonyl (C=O) groups is 3. The summed E-state index contributed by atoms with van der Waals surface area (Å²) in [7, 11) is 0. The minimum atomic E-state index is -0.336. The van der Waals surface area contributed by atoms with Crippen molar-refractivity contribution in [3.8, 4) is 11.1 Å². The molecular formula is C35H40N4O3. The number of hydrogen-bond donors (Lipinski definition) is 3. The highest BCUT2D eigenvalue weighted by atomic mass is 16.2. The maximum atomic E-state index is 13.1. The molecule has 2 saturated carbocycles. The number of amides is 4. The van der Waals surface area contributed by atoms with Crippen LogP contribution in [0.5, 0.6) is 0 Å². The third-order valence-electron chi connectivity index (χ3n) is 8.43. The van der Waals surface area contributed by atoms with Crippen molar-refractivity contribution >= 4 is 17.8 Å². The van der Waals surface area contributed by atoms with E-state index in [0.29, 0.717) is 37.7 Å². The molecule has 2 aliphatic carbocycles. The SMILES string of the molecule is CC(C)(C)NC(=O)N1CCc2c(-c3cccc(C(=O)NC4CC4)c3)ccc(CNC(=O)C3C[C@H]3c3ccccc3)c2C1. The smallest absolute Gasteiger partial charge is 0.318 e. The third kappa shape index (κ3) is 6.35. The molecule has 3 aromatic carbocycles. The van der Waals surface area contributed by atoms with E-state index in [9.17, 15) is 14.4 Å². The highest BCUT2D eigenvalue weighted by Gasteiger charge is 2.43. The minimum absolute atomic E-state index is 0.00101. The Balaban J connectivity index is 1.25. The number of carbonyl (C=O) groups excluding carboxylic acids is 3. The molecule has 4 amide bonds. The number of urea groups is 1. The van der Waals surface area contributed by atoms with Crippen molar-refractivity contribution in [2.45, 2.75) is 77.0 Å². The monoisotopic (exact) mass is 564 g/mol. The molecule has 0 bridgehead atoms. The number of nitrogens with one attached hydrogen (secondary N) is 3. The van der Waals surface area contributed by atoms with Crippen LogP contribution in [0.3, 0.4) is 0 Å². The summed E-state index contributed by atoms with van der Waals surface area (Å²) in [6.45, 7) is 7.42. The molecule has 218 valence electrons. The van der Waals surface area contributed by atoms with Gasteiger partial charge in [0.1, 0.15) is 0 Å². The van der Waals surface area contributed by atoms with E-state index in [4.69, 9.17) is 0 Å². The quantitative estimate of drug-likeness (QED) is 0.352. The second kappa shape index (κ2) is 11.3. The number of rotatable bonds is 7. The molecular weight excluding hydrogens is 524 g/mol. The highest BCUT2D eigenvalue weighted by Crippen LogP contribution is 2.47. The van der Waals surface area contributed by atoms with Crippen LogP contribution in [0.1, 0.15) is 78.6 Å². The summed E-state index contributed by atoms with van der Waals surface area (Å²) in [5, 5.41) is 9.36. The molecule has 1 unspecified atom stereocenters. The lowest BCUT2D eigenvalue weighted by molar-refractivity contribution is -0.122. The normalized spacial score (nSPS) is 19.5. The summed E-state index contributed by atoms with van der Waals surface area (Å²) >= 11 is 0. The van der Waals surface area contributed by atoms with Crippen LogP contribution >= 0.6 is 0 Å². The maximum absolute atomic E-state index is 13.1. The molecule has 0 radical (unpaired) electrons. The van der Waals surface area contributed by atoms with E-state index >= 15 is 0 Å². The van der Waals surface area contributed by atoms with Crippen LogP contribution in [-0.4, -0.2) is 40.9 Å². The van der Waals surface area contributed by atoms with Crippen molar-refractivity contribution in [2.75, 3.05) is 6.54 Å². The Morgan fingerprint density at radius 1 is 0.929 bits per heavy atom. The molecule has 2 atom stereocenters. The Bertz CT molecular complexity index is 1510. The molecule has 6 rings (SSSR count). The second-order valence-electron chi connectivity index (χ2n) is 13.0. The van der Waals surface area contributed by atoms with Crippen LogP contribution in [0, 0.1) is 5.92 Å². The zero-order valence-electron chi connectivity index (χ0n) is 24.7. The van der Waals surface area contributed by atoms with Gasteiger partial charge in [0.25, 0.3) is 5.91 Å². The van der Waals surface area contributed by atoms with Gasteiger partial charge in [0.15, 0.2) is 0 Å². The zero-order chi connectivity index (χ0) is 29.4. The van der Waals surface area contributed by atoms with Gasteiger partial charge in [0.2, 0.25) is 5.91 Å². The predicted octanol–water partition coefficient (Wildman–Crippen LogP) is 5.53. The van der Waals surface area contributed by atoms with Crippen molar-refractivity contribution in [3.63, 3.8) is 0 Å². The van der Waals surface area contributed by atoms with Crippen LogP contribution in [0.4, 0.5) is 4.79 Å². The van der Waals surface area contributed by atoms with Gasteiger partial charge in [-0.2, -0.15) is 0 Å². The Morgan fingerprint density at radius 3 is 2.45 bits per heavy atom. The van der Waals surface area contributed by atoms with Gasteiger partial charge in [-0.15, -0.1) is 0 Å². The van der Waals surface area contributed by atoms with Crippen molar-refractivity contribution in [1.82, 2.24) is 20.9 Å². The Kier molecular flexibility index (Phi) is 7.52. The van der Waals surface area contributed by atoms with Gasteiger partial charge in [-0.05, 0) is 97.9 Å². The van der Waals surface area contributed by atoms with Gasteiger partial charge >= 0.3 is 6.03 Å². The number of fused-ring (bicyclic) bond motifs is 1. The summed E-state index contributed by atoms with van der Waals surface area (Å²) < 4.78 is 0. The van der Waals surface area contributed by atoms with Crippen LogP contribution < -0.4 is 16.0 Å². The van der Waals surface area contributed by atoms with Crippen molar-refractivity contribution < 1.29 is 14.4 Å². The fraction of sp³-hybridized carbons (Fsp3) is 0.400. The van der Waals surface area contributed by atoms with Crippen molar-refractivity contribution in [3.05, 3.63) is 94.5 Å². The largest absolute Gasteiger partial charge is 0.352 e. The van der Waals surface area contributed by atoms with Gasteiger partial charge in [-0.25, -0.2) is 4.79 Å². The molecule has 1 heterocycles. The fourth-order valence-electron chi connectivity index (χ4n) is 5.94. The molecule has 3 aliphatic rings. The first-order valence-corrected chi connectivity index (χ1v) is 15.1. The first-order chi connectivity index (χ1) is 20.2. The van der Waals surface area contributed by atoms with Crippen molar-refractivity contribution in [1.29, 1.82) is 0 Å². The van der Waals surface area contributed by atoms with Crippen LogP contribution in [0.25, 0.3) is 11.1 Å². The van der Waals surface area contributed by atoms with E-state index in [-0.39, 0.29) is 35.2 Å². The third-order valence-corrected chi connectivity index (χ3v) is 8.43. The first kappa shape index (κ1) is 28.0. The van der Waals surface area contributed by atoms with E-state index in [1.165, 1.54) is 11.1 Å².